The van der Waals surface area contributed by atoms with Crippen LogP contribution in [-0.2, 0) is 11.3 Å². The number of nitrogens with one attached hydrogen (secondary N) is 2. The van der Waals surface area contributed by atoms with Gasteiger partial charge in [-0.05, 0) is 27.3 Å². The van der Waals surface area contributed by atoms with Crippen LogP contribution in [0.25, 0.3) is 0 Å². The Morgan fingerprint density at radius 2 is 2.19 bits per heavy atom. The van der Waals surface area contributed by atoms with Crippen LogP contribution in [0, 0.1) is 0 Å². The second kappa shape index (κ2) is 5.12. The van der Waals surface area contributed by atoms with Crippen molar-refractivity contribution in [2.45, 2.75) is 39.8 Å². The van der Waals surface area contributed by atoms with E-state index >= 15 is 0 Å². The molecule has 0 aliphatic carbocycles. The van der Waals surface area contributed by atoms with Crippen LogP contribution in [-0.4, -0.2) is 27.8 Å². The summed E-state index contributed by atoms with van der Waals surface area (Å²) in [6, 6.07) is 0. The Bertz CT molecular complexity index is 357. The first-order valence-electron chi connectivity index (χ1n) is 5.58. The van der Waals surface area contributed by atoms with Gasteiger partial charge in [-0.2, -0.15) is 5.10 Å². The Labute approximate surface area is 96.2 Å². The van der Waals surface area contributed by atoms with E-state index in [9.17, 15) is 4.79 Å². The zero-order chi connectivity index (χ0) is 12.2. The number of nitrogens with zero attached hydrogens (tertiary/aromatic N) is 2. The topological polar surface area (TPSA) is 59.0 Å². The number of aromatic nitrogens is 2. The molecule has 0 radical (unpaired) electrons. The van der Waals surface area contributed by atoms with E-state index in [-0.39, 0.29) is 5.91 Å². The fourth-order valence-corrected chi connectivity index (χ4v) is 1.41. The minimum absolute atomic E-state index is 0.0509. The third-order valence-electron chi connectivity index (χ3n) is 2.40. The highest BCUT2D eigenvalue weighted by molar-refractivity contribution is 5.97. The number of carbonyl (C=O) groups excluding carboxylic acids is 1. The molecule has 5 nitrogen and oxygen atoms in total. The Balaban J connectivity index is 2.63. The van der Waals surface area contributed by atoms with Crippen LogP contribution in [0.2, 0.25) is 0 Å². The summed E-state index contributed by atoms with van der Waals surface area (Å²) in [4.78, 5) is 11.9. The van der Waals surface area contributed by atoms with Gasteiger partial charge in [-0.1, -0.05) is 6.92 Å². The molecule has 1 aromatic rings. The highest BCUT2D eigenvalue weighted by Gasteiger charge is 2.26. The van der Waals surface area contributed by atoms with Crippen molar-refractivity contribution < 1.29 is 4.79 Å². The summed E-state index contributed by atoms with van der Waals surface area (Å²) in [7, 11) is 0. The van der Waals surface area contributed by atoms with Crippen molar-refractivity contribution in [1.29, 1.82) is 0 Å². The maximum Gasteiger partial charge on any atom is 0.244 e. The van der Waals surface area contributed by atoms with E-state index in [1.54, 1.807) is 10.9 Å². The summed E-state index contributed by atoms with van der Waals surface area (Å²) in [6.07, 6.45) is 3.48. The van der Waals surface area contributed by atoms with Crippen LogP contribution < -0.4 is 10.6 Å². The molecule has 0 spiro atoms. The van der Waals surface area contributed by atoms with Crippen molar-refractivity contribution >= 4 is 11.6 Å². The molecule has 1 amide bonds. The lowest BCUT2D eigenvalue weighted by Gasteiger charge is -2.23. The maximum absolute atomic E-state index is 11.9. The van der Waals surface area contributed by atoms with Gasteiger partial charge < -0.3 is 10.6 Å². The second-order valence-corrected chi connectivity index (χ2v) is 4.19. The number of likely N-dealkylation sites (N-methyl/N-ethyl adjacent to an activating group) is 1. The molecular formula is C11H20N4O. The summed E-state index contributed by atoms with van der Waals surface area (Å²) in [5.41, 5.74) is 0.168. The zero-order valence-corrected chi connectivity index (χ0v) is 10.4. The van der Waals surface area contributed by atoms with Crippen LogP contribution in [0.3, 0.4) is 0 Å². The van der Waals surface area contributed by atoms with Crippen LogP contribution in [0.5, 0.6) is 0 Å². The van der Waals surface area contributed by atoms with Crippen molar-refractivity contribution in [2.75, 3.05) is 11.9 Å². The standard InChI is InChI=1S/C11H20N4O/c1-5-12-11(3,4)10(16)14-9-7-13-15(6-2)8-9/h7-8,12H,5-6H2,1-4H3,(H,14,16). The predicted octanol–water partition coefficient (Wildman–Crippen LogP) is 1.23. The van der Waals surface area contributed by atoms with Gasteiger partial charge >= 0.3 is 0 Å². The summed E-state index contributed by atoms with van der Waals surface area (Å²) >= 11 is 0. The minimum Gasteiger partial charge on any atom is -0.322 e. The van der Waals surface area contributed by atoms with Gasteiger partial charge in [-0.3, -0.25) is 9.48 Å². The monoisotopic (exact) mass is 224 g/mol. The molecule has 0 fully saturated rings. The maximum atomic E-state index is 11.9. The first-order valence-corrected chi connectivity index (χ1v) is 5.58. The van der Waals surface area contributed by atoms with E-state index in [0.717, 1.165) is 18.8 Å². The van der Waals surface area contributed by atoms with Gasteiger partial charge in [-0.15, -0.1) is 0 Å². The number of hydrogen-bond acceptors (Lipinski definition) is 3. The Morgan fingerprint density at radius 3 is 2.69 bits per heavy atom. The van der Waals surface area contributed by atoms with Gasteiger partial charge in [-0.25, -0.2) is 0 Å². The van der Waals surface area contributed by atoms with Crippen molar-refractivity contribution in [3.63, 3.8) is 0 Å². The van der Waals surface area contributed by atoms with Crippen molar-refractivity contribution in [3.05, 3.63) is 12.4 Å². The summed E-state index contributed by atoms with van der Waals surface area (Å²) < 4.78 is 1.77. The summed E-state index contributed by atoms with van der Waals surface area (Å²) in [5, 5.41) is 10.1. The number of rotatable bonds is 5. The smallest absolute Gasteiger partial charge is 0.244 e. The van der Waals surface area contributed by atoms with Crippen molar-refractivity contribution in [1.82, 2.24) is 15.1 Å². The molecule has 0 bridgehead atoms. The van der Waals surface area contributed by atoms with Gasteiger partial charge in [0, 0.05) is 12.7 Å². The third kappa shape index (κ3) is 3.06. The average Bonchev–Trinajstić information content (AvgIpc) is 2.65. The van der Waals surface area contributed by atoms with Crippen LogP contribution in [0.15, 0.2) is 12.4 Å². The van der Waals surface area contributed by atoms with Crippen LogP contribution in [0.1, 0.15) is 27.7 Å². The molecule has 5 heteroatoms. The lowest BCUT2D eigenvalue weighted by molar-refractivity contribution is -0.121. The molecule has 0 atom stereocenters. The van der Waals surface area contributed by atoms with Gasteiger partial charge in [0.1, 0.15) is 0 Å². The van der Waals surface area contributed by atoms with E-state index < -0.39 is 5.54 Å². The number of carbonyl (C=O) groups is 1. The normalized spacial score (nSPS) is 11.5. The molecule has 90 valence electrons. The number of hydrogen-bond donors (Lipinski definition) is 2. The SMILES string of the molecule is CCNC(C)(C)C(=O)Nc1cnn(CC)c1. The fraction of sp³-hybridized carbons (Fsp3) is 0.636. The molecule has 2 N–H and O–H groups in total. The van der Waals surface area contributed by atoms with E-state index in [1.165, 1.54) is 0 Å². The van der Waals surface area contributed by atoms with E-state index in [4.69, 9.17) is 0 Å². The van der Waals surface area contributed by atoms with Gasteiger partial charge in [0.15, 0.2) is 0 Å². The highest BCUT2D eigenvalue weighted by atomic mass is 16.2. The average molecular weight is 224 g/mol. The van der Waals surface area contributed by atoms with Crippen molar-refractivity contribution in [3.8, 4) is 0 Å². The van der Waals surface area contributed by atoms with E-state index in [2.05, 4.69) is 15.7 Å². The molecular weight excluding hydrogens is 204 g/mol. The molecule has 0 saturated heterocycles. The van der Waals surface area contributed by atoms with Gasteiger partial charge in [0.25, 0.3) is 0 Å². The zero-order valence-electron chi connectivity index (χ0n) is 10.4. The number of anilines is 1. The fourth-order valence-electron chi connectivity index (χ4n) is 1.41. The number of amides is 1. The Hall–Kier alpha value is -1.36. The molecule has 0 aromatic carbocycles. The predicted molar refractivity (Wildman–Crippen MR) is 64.3 cm³/mol. The van der Waals surface area contributed by atoms with Gasteiger partial charge in [0.05, 0.1) is 17.4 Å². The first kappa shape index (κ1) is 12.7. The molecule has 1 aromatic heterocycles. The molecule has 0 unspecified atom stereocenters. The molecule has 0 aliphatic heterocycles. The van der Waals surface area contributed by atoms with E-state index in [0.29, 0.717) is 0 Å². The lowest BCUT2D eigenvalue weighted by Crippen LogP contribution is -2.49. The van der Waals surface area contributed by atoms with Crippen LogP contribution >= 0.6 is 0 Å². The largest absolute Gasteiger partial charge is 0.322 e. The van der Waals surface area contributed by atoms with Gasteiger partial charge in [0.2, 0.25) is 5.91 Å². The highest BCUT2D eigenvalue weighted by Crippen LogP contribution is 2.09. The molecule has 0 aliphatic rings. The second-order valence-electron chi connectivity index (χ2n) is 4.19. The Kier molecular flexibility index (Phi) is 4.06. The molecule has 16 heavy (non-hydrogen) atoms. The Morgan fingerprint density at radius 1 is 1.50 bits per heavy atom. The molecule has 0 saturated carbocycles. The van der Waals surface area contributed by atoms with E-state index in [1.807, 2.05) is 33.9 Å². The molecule has 1 heterocycles. The van der Waals surface area contributed by atoms with Crippen molar-refractivity contribution in [2.24, 2.45) is 0 Å². The quantitative estimate of drug-likeness (QED) is 0.791. The summed E-state index contributed by atoms with van der Waals surface area (Å²) in [5.74, 6) is -0.0509. The van der Waals surface area contributed by atoms with Crippen LogP contribution in [0.4, 0.5) is 5.69 Å². The first-order chi connectivity index (χ1) is 7.49. The summed E-state index contributed by atoms with van der Waals surface area (Å²) in [6.45, 7) is 9.25. The molecule has 1 rings (SSSR count). The third-order valence-corrected chi connectivity index (χ3v) is 2.40. The minimum atomic E-state index is -0.566. The lowest BCUT2D eigenvalue weighted by atomic mass is 10.0. The number of aryl methyl sites for hydroxylation is 1.